The number of carbonyl (C=O) groups is 2. The Labute approximate surface area is 135 Å². The third-order valence-corrected chi connectivity index (χ3v) is 3.56. The number of carbonyl (C=O) groups excluding carboxylic acids is 2. The quantitative estimate of drug-likeness (QED) is 0.862. The smallest absolute Gasteiger partial charge is 0.315 e. The van der Waals surface area contributed by atoms with Crippen LogP contribution in [0.2, 0.25) is 0 Å². The number of nitrogens with zero attached hydrogens (tertiary/aromatic N) is 1. The lowest BCUT2D eigenvalue weighted by atomic mass is 10.2. The lowest BCUT2D eigenvalue weighted by Crippen LogP contribution is -2.45. The first kappa shape index (κ1) is 16.9. The molecule has 0 bridgehead atoms. The molecule has 0 radical (unpaired) electrons. The summed E-state index contributed by atoms with van der Waals surface area (Å²) < 4.78 is 10.5. The van der Waals surface area contributed by atoms with Gasteiger partial charge in [0.1, 0.15) is 0 Å². The van der Waals surface area contributed by atoms with Gasteiger partial charge in [0.2, 0.25) is 5.91 Å². The predicted octanol–water partition coefficient (Wildman–Crippen LogP) is 1.52. The molecule has 1 unspecified atom stereocenters. The lowest BCUT2D eigenvalue weighted by molar-refractivity contribution is -0.117. The molecule has 0 aliphatic carbocycles. The zero-order valence-electron chi connectivity index (χ0n) is 13.9. The SMILES string of the molecule is COc1ccc(N2CC(NC(=O)NC(C)C)CC2=O)cc1OC. The maximum absolute atomic E-state index is 12.2. The van der Waals surface area contributed by atoms with Crippen LogP contribution >= 0.6 is 0 Å². The highest BCUT2D eigenvalue weighted by Gasteiger charge is 2.32. The molecule has 3 amide bonds. The maximum Gasteiger partial charge on any atom is 0.315 e. The first-order chi connectivity index (χ1) is 10.9. The van der Waals surface area contributed by atoms with Gasteiger partial charge in [-0.05, 0) is 26.0 Å². The van der Waals surface area contributed by atoms with Crippen LogP contribution in [0, 0.1) is 0 Å². The van der Waals surface area contributed by atoms with Crippen molar-refractivity contribution in [2.75, 3.05) is 25.7 Å². The number of methoxy groups -OCH3 is 2. The predicted molar refractivity (Wildman–Crippen MR) is 87.1 cm³/mol. The molecular formula is C16H23N3O4. The second-order valence-electron chi connectivity index (χ2n) is 5.72. The van der Waals surface area contributed by atoms with E-state index in [0.29, 0.717) is 18.0 Å². The number of hydrogen-bond acceptors (Lipinski definition) is 4. The van der Waals surface area contributed by atoms with Gasteiger partial charge in [-0.3, -0.25) is 4.79 Å². The Morgan fingerprint density at radius 1 is 1.26 bits per heavy atom. The Morgan fingerprint density at radius 3 is 2.57 bits per heavy atom. The molecule has 2 rings (SSSR count). The van der Waals surface area contributed by atoms with Crippen LogP contribution in [0.4, 0.5) is 10.5 Å². The van der Waals surface area contributed by atoms with E-state index < -0.39 is 0 Å². The summed E-state index contributed by atoms with van der Waals surface area (Å²) in [6, 6.07) is 4.90. The molecular weight excluding hydrogens is 298 g/mol. The molecule has 7 heteroatoms. The number of urea groups is 1. The number of anilines is 1. The summed E-state index contributed by atoms with van der Waals surface area (Å²) in [6.45, 7) is 4.20. The Bertz CT molecular complexity index is 589. The molecule has 0 aromatic heterocycles. The van der Waals surface area contributed by atoms with Crippen molar-refractivity contribution in [2.45, 2.75) is 32.4 Å². The number of hydrogen-bond donors (Lipinski definition) is 2. The Balaban J connectivity index is 2.07. The summed E-state index contributed by atoms with van der Waals surface area (Å²) in [5.74, 6) is 1.13. The van der Waals surface area contributed by atoms with Gasteiger partial charge in [0, 0.05) is 30.8 Å². The van der Waals surface area contributed by atoms with Gasteiger partial charge in [0.15, 0.2) is 11.5 Å². The molecule has 1 aliphatic rings. The Hall–Kier alpha value is -2.44. The molecule has 1 aromatic carbocycles. The fourth-order valence-electron chi connectivity index (χ4n) is 2.54. The molecule has 1 heterocycles. The van der Waals surface area contributed by atoms with Crippen LogP contribution in [0.5, 0.6) is 11.5 Å². The molecule has 1 saturated heterocycles. The van der Waals surface area contributed by atoms with E-state index in [1.54, 1.807) is 37.3 Å². The number of nitrogens with one attached hydrogen (secondary N) is 2. The zero-order valence-corrected chi connectivity index (χ0v) is 13.9. The number of rotatable bonds is 5. The fourth-order valence-corrected chi connectivity index (χ4v) is 2.54. The topological polar surface area (TPSA) is 79.9 Å². The van der Waals surface area contributed by atoms with E-state index in [1.165, 1.54) is 0 Å². The van der Waals surface area contributed by atoms with Crippen molar-refractivity contribution in [3.8, 4) is 11.5 Å². The van der Waals surface area contributed by atoms with Crippen molar-refractivity contribution in [1.29, 1.82) is 0 Å². The summed E-state index contributed by atoms with van der Waals surface area (Å²) in [5, 5.41) is 5.58. The van der Waals surface area contributed by atoms with Crippen molar-refractivity contribution >= 4 is 17.6 Å². The van der Waals surface area contributed by atoms with Gasteiger partial charge in [-0.25, -0.2) is 4.79 Å². The Kier molecular flexibility index (Phi) is 5.31. The molecule has 1 aliphatic heterocycles. The van der Waals surface area contributed by atoms with E-state index >= 15 is 0 Å². The minimum Gasteiger partial charge on any atom is -0.493 e. The summed E-state index contributed by atoms with van der Waals surface area (Å²) in [4.78, 5) is 25.6. The van der Waals surface area contributed by atoms with E-state index in [9.17, 15) is 9.59 Å². The van der Waals surface area contributed by atoms with Crippen LogP contribution in [0.1, 0.15) is 20.3 Å². The van der Waals surface area contributed by atoms with Gasteiger partial charge < -0.3 is 25.0 Å². The van der Waals surface area contributed by atoms with Crippen LogP contribution in [0.3, 0.4) is 0 Å². The molecule has 126 valence electrons. The minimum atomic E-state index is -0.257. The second kappa shape index (κ2) is 7.21. The third-order valence-electron chi connectivity index (χ3n) is 3.56. The van der Waals surface area contributed by atoms with Crippen LogP contribution in [-0.4, -0.2) is 44.8 Å². The highest BCUT2D eigenvalue weighted by Crippen LogP contribution is 2.33. The molecule has 23 heavy (non-hydrogen) atoms. The van der Waals surface area contributed by atoms with Gasteiger partial charge in [0.05, 0.1) is 20.3 Å². The molecule has 1 aromatic rings. The van der Waals surface area contributed by atoms with E-state index in [-0.39, 0.29) is 30.4 Å². The van der Waals surface area contributed by atoms with E-state index in [1.807, 2.05) is 13.8 Å². The summed E-state index contributed by atoms with van der Waals surface area (Å²) in [7, 11) is 3.11. The van der Waals surface area contributed by atoms with Gasteiger partial charge in [-0.15, -0.1) is 0 Å². The summed E-state index contributed by atoms with van der Waals surface area (Å²) in [6.07, 6.45) is 0.278. The highest BCUT2D eigenvalue weighted by molar-refractivity contribution is 5.97. The van der Waals surface area contributed by atoms with Crippen molar-refractivity contribution in [3.63, 3.8) is 0 Å². The maximum atomic E-state index is 12.2. The molecule has 2 N–H and O–H groups in total. The molecule has 7 nitrogen and oxygen atoms in total. The number of benzene rings is 1. The molecule has 0 spiro atoms. The van der Waals surface area contributed by atoms with E-state index in [4.69, 9.17) is 9.47 Å². The van der Waals surface area contributed by atoms with Gasteiger partial charge in [0.25, 0.3) is 0 Å². The third kappa shape index (κ3) is 4.06. The molecule has 1 atom stereocenters. The number of amides is 3. The number of ether oxygens (including phenoxy) is 2. The lowest BCUT2D eigenvalue weighted by Gasteiger charge is -2.19. The van der Waals surface area contributed by atoms with Crippen LogP contribution < -0.4 is 25.0 Å². The van der Waals surface area contributed by atoms with Gasteiger partial charge >= 0.3 is 6.03 Å². The fraction of sp³-hybridized carbons (Fsp3) is 0.500. The molecule has 1 fully saturated rings. The normalized spacial score (nSPS) is 17.3. The Morgan fingerprint density at radius 2 is 1.96 bits per heavy atom. The zero-order chi connectivity index (χ0) is 17.0. The average molecular weight is 321 g/mol. The molecule has 0 saturated carbocycles. The minimum absolute atomic E-state index is 0.0351. The first-order valence-electron chi connectivity index (χ1n) is 7.54. The van der Waals surface area contributed by atoms with E-state index in [0.717, 1.165) is 5.69 Å². The largest absolute Gasteiger partial charge is 0.493 e. The average Bonchev–Trinajstić information content (AvgIpc) is 2.85. The standard InChI is InChI=1S/C16H23N3O4/c1-10(2)17-16(21)18-11-7-15(20)19(9-11)12-5-6-13(22-3)14(8-12)23-4/h5-6,8,10-11H,7,9H2,1-4H3,(H2,17,18,21). The van der Waals surface area contributed by atoms with E-state index in [2.05, 4.69) is 10.6 Å². The summed E-state index contributed by atoms with van der Waals surface area (Å²) >= 11 is 0. The first-order valence-corrected chi connectivity index (χ1v) is 7.54. The summed E-state index contributed by atoms with van der Waals surface area (Å²) in [5.41, 5.74) is 0.723. The monoisotopic (exact) mass is 321 g/mol. The van der Waals surface area contributed by atoms with Crippen molar-refractivity contribution in [1.82, 2.24) is 10.6 Å². The van der Waals surface area contributed by atoms with Crippen molar-refractivity contribution in [2.24, 2.45) is 0 Å². The van der Waals surface area contributed by atoms with Crippen molar-refractivity contribution in [3.05, 3.63) is 18.2 Å². The van der Waals surface area contributed by atoms with Crippen molar-refractivity contribution < 1.29 is 19.1 Å². The van der Waals surface area contributed by atoms with Gasteiger partial charge in [-0.2, -0.15) is 0 Å². The second-order valence-corrected chi connectivity index (χ2v) is 5.72. The van der Waals surface area contributed by atoms with Gasteiger partial charge in [-0.1, -0.05) is 0 Å². The highest BCUT2D eigenvalue weighted by atomic mass is 16.5. The van der Waals surface area contributed by atoms with Crippen LogP contribution in [-0.2, 0) is 4.79 Å². The van der Waals surface area contributed by atoms with Crippen LogP contribution in [0.15, 0.2) is 18.2 Å². The van der Waals surface area contributed by atoms with Crippen LogP contribution in [0.25, 0.3) is 0 Å².